The van der Waals surface area contributed by atoms with E-state index in [9.17, 15) is 8.42 Å². The third-order valence-corrected chi connectivity index (χ3v) is 4.55. The van der Waals surface area contributed by atoms with E-state index in [0.717, 1.165) is 22.7 Å². The third kappa shape index (κ3) is 2.10. The zero-order valence-corrected chi connectivity index (χ0v) is 13.3. The Morgan fingerprint density at radius 3 is 2.65 bits per heavy atom. The van der Waals surface area contributed by atoms with E-state index in [1.165, 1.54) is 0 Å². The molecule has 1 aromatic carbocycles. The van der Waals surface area contributed by atoms with Gasteiger partial charge in [-0.15, -0.1) is 0 Å². The molecule has 0 saturated carbocycles. The predicted octanol–water partition coefficient (Wildman–Crippen LogP) is 1.69. The maximum Gasteiger partial charge on any atom is 0.250 e. The van der Waals surface area contributed by atoms with Gasteiger partial charge >= 0.3 is 0 Å². The van der Waals surface area contributed by atoms with E-state index in [-0.39, 0.29) is 5.16 Å². The van der Waals surface area contributed by atoms with Gasteiger partial charge in [0.15, 0.2) is 11.5 Å². The van der Waals surface area contributed by atoms with Crippen LogP contribution in [0.1, 0.15) is 0 Å². The molecule has 3 heterocycles. The number of para-hydroxylation sites is 1. The van der Waals surface area contributed by atoms with Crippen LogP contribution in [0.5, 0.6) is 0 Å². The number of hydrogen-bond donors (Lipinski definition) is 0. The van der Waals surface area contributed by atoms with Gasteiger partial charge in [-0.05, 0) is 6.07 Å². The molecule has 3 aromatic heterocycles. The van der Waals surface area contributed by atoms with Crippen LogP contribution in [0.3, 0.4) is 0 Å². The first kappa shape index (κ1) is 13.9. The van der Waals surface area contributed by atoms with Gasteiger partial charge in [0.05, 0.1) is 6.20 Å². The third-order valence-electron chi connectivity index (χ3n) is 3.70. The van der Waals surface area contributed by atoms with Gasteiger partial charge in [0.2, 0.25) is 9.84 Å². The molecule has 0 bridgehead atoms. The quantitative estimate of drug-likeness (QED) is 0.559. The van der Waals surface area contributed by atoms with Crippen LogP contribution in [0.2, 0.25) is 0 Å². The monoisotopic (exact) mass is 327 g/mol. The molecule has 116 valence electrons. The number of rotatable bonds is 2. The summed E-state index contributed by atoms with van der Waals surface area (Å²) in [6.45, 7) is 0. The predicted molar refractivity (Wildman–Crippen MR) is 85.8 cm³/mol. The molecule has 0 amide bonds. The van der Waals surface area contributed by atoms with Gasteiger partial charge in [0.25, 0.3) is 5.16 Å². The van der Waals surface area contributed by atoms with Crippen LogP contribution in [-0.4, -0.2) is 38.8 Å². The average molecular weight is 327 g/mol. The molecule has 8 heteroatoms. The lowest BCUT2D eigenvalue weighted by molar-refractivity contribution is 0.592. The molecule has 4 aromatic rings. The van der Waals surface area contributed by atoms with E-state index in [1.54, 1.807) is 16.8 Å². The van der Waals surface area contributed by atoms with Gasteiger partial charge in [-0.3, -0.25) is 0 Å². The molecule has 0 unspecified atom stereocenters. The molecular formula is C15H13N5O2S. The molecular weight excluding hydrogens is 314 g/mol. The number of hydrogen-bond acceptors (Lipinski definition) is 5. The van der Waals surface area contributed by atoms with Gasteiger partial charge < -0.3 is 4.57 Å². The second kappa shape index (κ2) is 4.63. The SMILES string of the molecule is Cn1cc(-c2nc(S(C)(=O)=O)nc3ccnn23)c2ccccc21. The topological polar surface area (TPSA) is 82.1 Å². The molecule has 0 radical (unpaired) electrons. The lowest BCUT2D eigenvalue weighted by atomic mass is 10.1. The Bertz CT molecular complexity index is 1160. The fourth-order valence-corrected chi connectivity index (χ4v) is 3.18. The number of benzene rings is 1. The van der Waals surface area contributed by atoms with E-state index < -0.39 is 9.84 Å². The molecule has 0 N–H and O–H groups in total. The van der Waals surface area contributed by atoms with Crippen LogP contribution in [0, 0.1) is 0 Å². The van der Waals surface area contributed by atoms with E-state index >= 15 is 0 Å². The second-order valence-corrected chi connectivity index (χ2v) is 7.28. The van der Waals surface area contributed by atoms with E-state index in [2.05, 4.69) is 15.1 Å². The zero-order valence-electron chi connectivity index (χ0n) is 12.5. The van der Waals surface area contributed by atoms with Gasteiger partial charge in [-0.25, -0.2) is 8.42 Å². The van der Waals surface area contributed by atoms with Crippen molar-refractivity contribution in [2.24, 2.45) is 7.05 Å². The van der Waals surface area contributed by atoms with Crippen LogP contribution in [0.15, 0.2) is 47.9 Å². The fourth-order valence-electron chi connectivity index (χ4n) is 2.67. The summed E-state index contributed by atoms with van der Waals surface area (Å²) in [6.07, 6.45) is 4.59. The highest BCUT2D eigenvalue weighted by Crippen LogP contribution is 2.29. The first-order chi connectivity index (χ1) is 10.9. The van der Waals surface area contributed by atoms with Crippen molar-refractivity contribution in [1.82, 2.24) is 24.1 Å². The van der Waals surface area contributed by atoms with Crippen molar-refractivity contribution in [3.63, 3.8) is 0 Å². The van der Waals surface area contributed by atoms with Crippen LogP contribution in [0.25, 0.3) is 27.9 Å². The molecule has 7 nitrogen and oxygen atoms in total. The smallest absolute Gasteiger partial charge is 0.250 e. The molecule has 0 aliphatic carbocycles. The number of aromatic nitrogens is 5. The maximum absolute atomic E-state index is 11.9. The molecule has 0 saturated heterocycles. The van der Waals surface area contributed by atoms with Gasteiger partial charge in [-0.2, -0.15) is 19.6 Å². The van der Waals surface area contributed by atoms with Gasteiger partial charge in [0.1, 0.15) is 0 Å². The Labute approximate surface area is 132 Å². The second-order valence-electron chi connectivity index (χ2n) is 5.37. The van der Waals surface area contributed by atoms with Crippen molar-refractivity contribution in [2.45, 2.75) is 5.16 Å². The van der Waals surface area contributed by atoms with Crippen molar-refractivity contribution < 1.29 is 8.42 Å². The molecule has 0 spiro atoms. The molecule has 0 fully saturated rings. The summed E-state index contributed by atoms with van der Waals surface area (Å²) < 4.78 is 27.3. The standard InChI is InChI=1S/C15H13N5O2S/c1-19-9-11(10-5-3-4-6-12(10)19)14-18-15(23(2,21)22)17-13-7-8-16-20(13)14/h3-9H,1-2H3. The van der Waals surface area contributed by atoms with Crippen molar-refractivity contribution in [2.75, 3.05) is 6.26 Å². The molecule has 0 aliphatic heterocycles. The summed E-state index contributed by atoms with van der Waals surface area (Å²) in [4.78, 5) is 8.34. The van der Waals surface area contributed by atoms with Crippen LogP contribution >= 0.6 is 0 Å². The maximum atomic E-state index is 11.9. The number of fused-ring (bicyclic) bond motifs is 2. The minimum atomic E-state index is -3.52. The Hall–Kier alpha value is -2.74. The highest BCUT2D eigenvalue weighted by Gasteiger charge is 2.19. The first-order valence-electron chi connectivity index (χ1n) is 6.91. The van der Waals surface area contributed by atoms with E-state index in [4.69, 9.17) is 0 Å². The summed E-state index contributed by atoms with van der Waals surface area (Å²) in [5.74, 6) is 0.456. The molecule has 4 rings (SSSR count). The summed E-state index contributed by atoms with van der Waals surface area (Å²) >= 11 is 0. The Kier molecular flexibility index (Phi) is 2.79. The van der Waals surface area contributed by atoms with Crippen molar-refractivity contribution >= 4 is 26.4 Å². The highest BCUT2D eigenvalue weighted by molar-refractivity contribution is 7.90. The summed E-state index contributed by atoms with van der Waals surface area (Å²) in [5.41, 5.74) is 2.29. The lowest BCUT2D eigenvalue weighted by Crippen LogP contribution is -2.09. The Morgan fingerprint density at radius 1 is 1.09 bits per heavy atom. The summed E-state index contributed by atoms with van der Waals surface area (Å²) in [5, 5.41) is 5.00. The molecule has 0 atom stereocenters. The summed E-state index contributed by atoms with van der Waals surface area (Å²) in [6, 6.07) is 9.52. The Morgan fingerprint density at radius 2 is 1.87 bits per heavy atom. The van der Waals surface area contributed by atoms with Crippen LogP contribution in [-0.2, 0) is 16.9 Å². The molecule has 23 heavy (non-hydrogen) atoms. The van der Waals surface area contributed by atoms with Crippen molar-refractivity contribution in [3.05, 3.63) is 42.7 Å². The van der Waals surface area contributed by atoms with E-state index in [1.807, 2.05) is 42.1 Å². The van der Waals surface area contributed by atoms with Crippen molar-refractivity contribution in [1.29, 1.82) is 0 Å². The number of sulfone groups is 1. The Balaban J connectivity index is 2.14. The van der Waals surface area contributed by atoms with Crippen LogP contribution in [0.4, 0.5) is 0 Å². The lowest BCUT2D eigenvalue weighted by Gasteiger charge is -2.05. The minimum absolute atomic E-state index is 0.201. The number of aryl methyl sites for hydroxylation is 1. The zero-order chi connectivity index (χ0) is 16.2. The summed E-state index contributed by atoms with van der Waals surface area (Å²) in [7, 11) is -1.58. The van der Waals surface area contributed by atoms with Crippen molar-refractivity contribution in [3.8, 4) is 11.4 Å². The van der Waals surface area contributed by atoms with Gasteiger partial charge in [-0.1, -0.05) is 18.2 Å². The number of nitrogens with zero attached hydrogens (tertiary/aromatic N) is 5. The largest absolute Gasteiger partial charge is 0.350 e. The average Bonchev–Trinajstić information content (AvgIpc) is 3.10. The highest BCUT2D eigenvalue weighted by atomic mass is 32.2. The normalized spacial score (nSPS) is 12.3. The van der Waals surface area contributed by atoms with Gasteiger partial charge in [0, 0.05) is 42.0 Å². The molecule has 0 aliphatic rings. The van der Waals surface area contributed by atoms with Crippen LogP contribution < -0.4 is 0 Å². The first-order valence-corrected chi connectivity index (χ1v) is 8.80. The fraction of sp³-hybridized carbons (Fsp3) is 0.133. The minimum Gasteiger partial charge on any atom is -0.350 e. The van der Waals surface area contributed by atoms with E-state index in [0.29, 0.717) is 11.5 Å².